The summed E-state index contributed by atoms with van der Waals surface area (Å²) in [6, 6.07) is 15.7. The molecular formula is C24H23N3O3. The minimum atomic E-state index is -1.02. The number of aliphatic carboxylic acids is 1. The zero-order valence-corrected chi connectivity index (χ0v) is 16.8. The van der Waals surface area contributed by atoms with Crippen LogP contribution in [0.25, 0.3) is 11.1 Å². The molecule has 1 atom stereocenters. The topological polar surface area (TPSA) is 94.7 Å². The van der Waals surface area contributed by atoms with Crippen LogP contribution in [0.2, 0.25) is 0 Å². The number of allylic oxidation sites excluding steroid dienone is 1. The van der Waals surface area contributed by atoms with Crippen molar-refractivity contribution in [3.63, 3.8) is 0 Å². The number of fused-ring (bicyclic) bond motifs is 1. The molecule has 0 spiro atoms. The van der Waals surface area contributed by atoms with Crippen LogP contribution in [0.5, 0.6) is 5.75 Å². The molecule has 1 aliphatic rings. The molecule has 0 saturated heterocycles. The fourth-order valence-electron chi connectivity index (χ4n) is 3.53. The van der Waals surface area contributed by atoms with Gasteiger partial charge >= 0.3 is 5.97 Å². The molecule has 152 valence electrons. The van der Waals surface area contributed by atoms with E-state index in [-0.39, 0.29) is 11.5 Å². The largest absolute Gasteiger partial charge is 0.493 e. The lowest BCUT2D eigenvalue weighted by atomic mass is 9.90. The van der Waals surface area contributed by atoms with Crippen LogP contribution < -0.4 is 10.1 Å². The predicted molar refractivity (Wildman–Crippen MR) is 116 cm³/mol. The minimum Gasteiger partial charge on any atom is -0.493 e. The summed E-state index contributed by atoms with van der Waals surface area (Å²) in [5.41, 5.74) is 4.22. The number of nitriles is 1. The number of carbonyl (C=O) groups is 1. The Labute approximate surface area is 175 Å². The van der Waals surface area contributed by atoms with Crippen molar-refractivity contribution >= 4 is 12.7 Å². The molecule has 0 aromatic heterocycles. The van der Waals surface area contributed by atoms with E-state index in [1.807, 2.05) is 36.4 Å². The van der Waals surface area contributed by atoms with Gasteiger partial charge < -0.3 is 15.2 Å². The van der Waals surface area contributed by atoms with Crippen molar-refractivity contribution in [2.45, 2.75) is 19.3 Å². The first kappa shape index (κ1) is 20.9. The van der Waals surface area contributed by atoms with Gasteiger partial charge in [0.15, 0.2) is 0 Å². The van der Waals surface area contributed by atoms with Crippen LogP contribution in [0.3, 0.4) is 0 Å². The molecule has 0 saturated carbocycles. The first-order valence-corrected chi connectivity index (χ1v) is 9.61. The van der Waals surface area contributed by atoms with Crippen molar-refractivity contribution in [3.8, 4) is 22.9 Å². The molecule has 6 heteroatoms. The van der Waals surface area contributed by atoms with Crippen LogP contribution in [0, 0.1) is 11.3 Å². The number of carboxylic acids is 1. The van der Waals surface area contributed by atoms with Gasteiger partial charge in [0.05, 0.1) is 23.8 Å². The number of benzene rings is 2. The molecule has 30 heavy (non-hydrogen) atoms. The summed E-state index contributed by atoms with van der Waals surface area (Å²) in [4.78, 5) is 15.0. The number of nitrogens with zero attached hydrogens (tertiary/aromatic N) is 2. The van der Waals surface area contributed by atoms with E-state index in [9.17, 15) is 15.2 Å². The molecule has 2 aromatic carbocycles. The number of nitrogens with one attached hydrogen (secondary N) is 1. The van der Waals surface area contributed by atoms with Gasteiger partial charge in [0.2, 0.25) is 0 Å². The number of ether oxygens (including phenoxy) is 1. The Kier molecular flexibility index (Phi) is 6.66. The summed E-state index contributed by atoms with van der Waals surface area (Å²) in [5, 5.41) is 22.0. The van der Waals surface area contributed by atoms with Crippen LogP contribution >= 0.6 is 0 Å². The zero-order chi connectivity index (χ0) is 21.5. The van der Waals surface area contributed by atoms with Gasteiger partial charge in [0.1, 0.15) is 5.75 Å². The third kappa shape index (κ3) is 4.58. The molecule has 0 amide bonds. The molecule has 0 bridgehead atoms. The van der Waals surface area contributed by atoms with Crippen LogP contribution in [-0.4, -0.2) is 30.9 Å². The van der Waals surface area contributed by atoms with E-state index in [0.717, 1.165) is 28.9 Å². The van der Waals surface area contributed by atoms with E-state index < -0.39 is 5.97 Å². The maximum absolute atomic E-state index is 11.5. The summed E-state index contributed by atoms with van der Waals surface area (Å²) in [5.74, 6) is -0.0391. The molecule has 0 radical (unpaired) electrons. The molecule has 0 fully saturated rings. The summed E-state index contributed by atoms with van der Waals surface area (Å²) in [6.07, 6.45) is 3.61. The smallest absolute Gasteiger partial charge is 0.337 e. The third-order valence-corrected chi connectivity index (χ3v) is 5.13. The highest BCUT2D eigenvalue weighted by molar-refractivity contribution is 5.90. The van der Waals surface area contributed by atoms with Crippen LogP contribution in [0.1, 0.15) is 30.4 Å². The molecule has 1 heterocycles. The highest BCUT2D eigenvalue weighted by Crippen LogP contribution is 2.37. The number of aliphatic imine (C=N–C) groups is 1. The van der Waals surface area contributed by atoms with E-state index in [1.54, 1.807) is 13.0 Å². The van der Waals surface area contributed by atoms with Crippen molar-refractivity contribution in [2.75, 3.05) is 13.2 Å². The third-order valence-electron chi connectivity index (χ3n) is 5.13. The highest BCUT2D eigenvalue weighted by atomic mass is 16.5. The Morgan fingerprint density at radius 3 is 2.93 bits per heavy atom. The first-order valence-electron chi connectivity index (χ1n) is 9.61. The Balaban J connectivity index is 1.83. The first-order chi connectivity index (χ1) is 14.5. The Bertz CT molecular complexity index is 1060. The van der Waals surface area contributed by atoms with Crippen molar-refractivity contribution in [2.24, 2.45) is 4.99 Å². The second-order valence-corrected chi connectivity index (χ2v) is 6.97. The quantitative estimate of drug-likeness (QED) is 0.411. The van der Waals surface area contributed by atoms with Gasteiger partial charge in [-0.15, -0.1) is 0 Å². The summed E-state index contributed by atoms with van der Waals surface area (Å²) in [7, 11) is 0. The van der Waals surface area contributed by atoms with Crippen molar-refractivity contribution in [1.82, 2.24) is 5.32 Å². The summed E-state index contributed by atoms with van der Waals surface area (Å²) in [6.45, 7) is 6.23. The van der Waals surface area contributed by atoms with E-state index in [2.05, 4.69) is 23.1 Å². The van der Waals surface area contributed by atoms with Crippen molar-refractivity contribution in [1.29, 1.82) is 5.26 Å². The predicted octanol–water partition coefficient (Wildman–Crippen LogP) is 4.25. The average Bonchev–Trinajstić information content (AvgIpc) is 2.77. The monoisotopic (exact) mass is 401 g/mol. The molecule has 2 aromatic rings. The molecule has 1 aliphatic heterocycles. The van der Waals surface area contributed by atoms with Crippen LogP contribution in [0.15, 0.2) is 71.0 Å². The van der Waals surface area contributed by atoms with Crippen LogP contribution in [0.4, 0.5) is 0 Å². The van der Waals surface area contributed by atoms with E-state index >= 15 is 0 Å². The molecule has 2 N–H and O–H groups in total. The zero-order valence-electron chi connectivity index (χ0n) is 16.8. The standard InChI is InChI=1S/C24H23N3O3/c1-16(20(24(28)29)9-11-26-2)27-15-19-10-12-30-23-13-17(7-8-22(19)23)21-6-4-3-5-18(21)14-25/h3-9,11,13,19,27H,2,10,12,15H2,1H3,(H,28,29)/b11-9-,20-16-/t19-/m1/s1. The highest BCUT2D eigenvalue weighted by Gasteiger charge is 2.22. The second kappa shape index (κ2) is 9.57. The normalized spacial score (nSPS) is 16.1. The molecule has 6 nitrogen and oxygen atoms in total. The summed E-state index contributed by atoms with van der Waals surface area (Å²) < 4.78 is 5.89. The van der Waals surface area contributed by atoms with Gasteiger partial charge in [0, 0.05) is 24.4 Å². The lowest BCUT2D eigenvalue weighted by Gasteiger charge is -2.27. The minimum absolute atomic E-state index is 0.151. The SMILES string of the molecule is C=N/C=C\C(C(=O)O)=C(/C)NC[C@H]1CCOc2cc(-c3ccccc3C#N)ccc21. The van der Waals surface area contributed by atoms with Gasteiger partial charge in [0.25, 0.3) is 0 Å². The lowest BCUT2D eigenvalue weighted by Crippen LogP contribution is -2.26. The fraction of sp³-hybridized carbons (Fsp3) is 0.208. The number of rotatable bonds is 7. The van der Waals surface area contributed by atoms with Gasteiger partial charge in [-0.2, -0.15) is 5.26 Å². The maximum atomic E-state index is 11.5. The van der Waals surface area contributed by atoms with Gasteiger partial charge in [-0.1, -0.05) is 30.3 Å². The lowest BCUT2D eigenvalue weighted by molar-refractivity contribution is -0.132. The average molecular weight is 401 g/mol. The molecule has 0 unspecified atom stereocenters. The Hall–Kier alpha value is -3.85. The number of carboxylic acid groups (broad SMARTS) is 1. The Morgan fingerprint density at radius 1 is 1.40 bits per heavy atom. The van der Waals surface area contributed by atoms with E-state index in [1.165, 1.54) is 12.3 Å². The van der Waals surface area contributed by atoms with E-state index in [4.69, 9.17) is 4.74 Å². The Morgan fingerprint density at radius 2 is 2.20 bits per heavy atom. The molecular weight excluding hydrogens is 378 g/mol. The number of hydrogen-bond donors (Lipinski definition) is 2. The van der Waals surface area contributed by atoms with Gasteiger partial charge in [-0.3, -0.25) is 4.99 Å². The van der Waals surface area contributed by atoms with Gasteiger partial charge in [-0.25, -0.2) is 4.79 Å². The number of hydrogen-bond acceptors (Lipinski definition) is 5. The van der Waals surface area contributed by atoms with Gasteiger partial charge in [-0.05, 0) is 55.0 Å². The fourth-order valence-corrected chi connectivity index (χ4v) is 3.53. The summed E-state index contributed by atoms with van der Waals surface area (Å²) >= 11 is 0. The molecule has 0 aliphatic carbocycles. The van der Waals surface area contributed by atoms with Crippen LogP contribution in [-0.2, 0) is 4.79 Å². The molecule has 3 rings (SSSR count). The van der Waals surface area contributed by atoms with Crippen molar-refractivity contribution < 1.29 is 14.6 Å². The van der Waals surface area contributed by atoms with Crippen molar-refractivity contribution in [3.05, 3.63) is 77.1 Å². The maximum Gasteiger partial charge on any atom is 0.337 e. The van der Waals surface area contributed by atoms with E-state index in [0.29, 0.717) is 24.4 Å². The second-order valence-electron chi connectivity index (χ2n) is 6.97.